The number of rotatable bonds is 5. The fourth-order valence-electron chi connectivity index (χ4n) is 3.00. The molecule has 3 aromatic carbocycles. The van der Waals surface area contributed by atoms with E-state index < -0.39 is 0 Å². The monoisotopic (exact) mass is 316 g/mol. The molecule has 0 fully saturated rings. The minimum atomic E-state index is 0.883. The highest BCUT2D eigenvalue weighted by Crippen LogP contribution is 2.32. The maximum Gasteiger partial charge on any atom is 0.0632 e. The van der Waals surface area contributed by atoms with Gasteiger partial charge in [-0.2, -0.15) is 0 Å². The van der Waals surface area contributed by atoms with Crippen molar-refractivity contribution in [2.45, 2.75) is 20.8 Å². The summed E-state index contributed by atoms with van der Waals surface area (Å²) in [6, 6.07) is 27.6. The molecule has 0 atom stereocenters. The van der Waals surface area contributed by atoms with Gasteiger partial charge in [0.05, 0.1) is 17.1 Å². The van der Waals surface area contributed by atoms with Crippen molar-refractivity contribution in [1.82, 2.24) is 0 Å². The summed E-state index contributed by atoms with van der Waals surface area (Å²) in [5.74, 6) is 0. The molecular weight excluding hydrogens is 292 g/mol. The Morgan fingerprint density at radius 3 is 1.71 bits per heavy atom. The molecule has 122 valence electrons. The van der Waals surface area contributed by atoms with Gasteiger partial charge in [0, 0.05) is 6.54 Å². The Bertz CT molecular complexity index is 742. The molecule has 0 saturated heterocycles. The van der Waals surface area contributed by atoms with Crippen molar-refractivity contribution >= 4 is 17.1 Å². The van der Waals surface area contributed by atoms with Crippen LogP contribution in [-0.4, -0.2) is 6.54 Å². The molecule has 0 unspecified atom stereocenters. The third kappa shape index (κ3) is 3.13. The van der Waals surface area contributed by atoms with Crippen molar-refractivity contribution in [3.63, 3.8) is 0 Å². The number of hydrazine groups is 1. The first kappa shape index (κ1) is 16.1. The molecule has 0 heterocycles. The molecule has 0 bridgehead atoms. The smallest absolute Gasteiger partial charge is 0.0632 e. The van der Waals surface area contributed by atoms with Crippen molar-refractivity contribution in [2.75, 3.05) is 16.6 Å². The fraction of sp³-hybridized carbons (Fsp3) is 0.182. The van der Waals surface area contributed by atoms with E-state index in [1.165, 1.54) is 16.8 Å². The van der Waals surface area contributed by atoms with Crippen LogP contribution in [-0.2, 0) is 0 Å². The molecule has 3 rings (SSSR count). The minimum Gasteiger partial charge on any atom is -0.281 e. The van der Waals surface area contributed by atoms with Gasteiger partial charge in [0.15, 0.2) is 0 Å². The van der Waals surface area contributed by atoms with E-state index in [1.54, 1.807) is 0 Å². The van der Waals surface area contributed by atoms with Crippen molar-refractivity contribution in [3.05, 3.63) is 90.0 Å². The van der Waals surface area contributed by atoms with Crippen molar-refractivity contribution in [2.24, 2.45) is 0 Å². The van der Waals surface area contributed by atoms with Crippen LogP contribution in [0.4, 0.5) is 17.1 Å². The summed E-state index contributed by atoms with van der Waals surface area (Å²) in [7, 11) is 0. The van der Waals surface area contributed by atoms with E-state index >= 15 is 0 Å². The number of para-hydroxylation sites is 2. The first-order valence-electron chi connectivity index (χ1n) is 8.46. The van der Waals surface area contributed by atoms with E-state index in [0.29, 0.717) is 0 Å². The second-order valence-electron chi connectivity index (χ2n) is 5.92. The highest BCUT2D eigenvalue weighted by Gasteiger charge is 2.19. The Hall–Kier alpha value is -2.74. The van der Waals surface area contributed by atoms with Gasteiger partial charge in [-0.05, 0) is 62.2 Å². The number of hydrogen-bond acceptors (Lipinski definition) is 2. The molecule has 0 radical (unpaired) electrons. The third-order valence-corrected chi connectivity index (χ3v) is 4.40. The van der Waals surface area contributed by atoms with Gasteiger partial charge in [-0.3, -0.25) is 10.0 Å². The van der Waals surface area contributed by atoms with Crippen LogP contribution in [0.3, 0.4) is 0 Å². The number of aryl methyl sites for hydroxylation is 1. The van der Waals surface area contributed by atoms with Crippen LogP contribution in [0.2, 0.25) is 0 Å². The second-order valence-corrected chi connectivity index (χ2v) is 5.92. The Kier molecular flexibility index (Phi) is 4.85. The number of nitrogens with zero attached hydrogens (tertiary/aromatic N) is 2. The SMILES string of the molecule is CCN(c1cccc(C)c1C)N(c1ccccc1)c1ccccc1. The third-order valence-electron chi connectivity index (χ3n) is 4.40. The molecule has 0 aliphatic heterocycles. The molecule has 0 aliphatic rings. The summed E-state index contributed by atoms with van der Waals surface area (Å²) in [5.41, 5.74) is 6.19. The highest BCUT2D eigenvalue weighted by molar-refractivity contribution is 5.71. The van der Waals surface area contributed by atoms with Crippen molar-refractivity contribution < 1.29 is 0 Å². The summed E-state index contributed by atoms with van der Waals surface area (Å²) in [4.78, 5) is 0. The summed E-state index contributed by atoms with van der Waals surface area (Å²) >= 11 is 0. The average Bonchev–Trinajstić information content (AvgIpc) is 2.64. The van der Waals surface area contributed by atoms with Crippen LogP contribution in [0, 0.1) is 13.8 Å². The van der Waals surface area contributed by atoms with Gasteiger partial charge in [-0.15, -0.1) is 0 Å². The lowest BCUT2D eigenvalue weighted by molar-refractivity contribution is 0.839. The topological polar surface area (TPSA) is 6.48 Å². The quantitative estimate of drug-likeness (QED) is 0.542. The van der Waals surface area contributed by atoms with Crippen LogP contribution in [0.15, 0.2) is 78.9 Å². The molecule has 0 saturated carbocycles. The lowest BCUT2D eigenvalue weighted by atomic mass is 10.1. The van der Waals surface area contributed by atoms with Gasteiger partial charge < -0.3 is 0 Å². The van der Waals surface area contributed by atoms with E-state index in [0.717, 1.165) is 17.9 Å². The van der Waals surface area contributed by atoms with E-state index in [1.807, 2.05) is 0 Å². The Balaban J connectivity index is 2.15. The zero-order chi connectivity index (χ0) is 16.9. The number of anilines is 3. The van der Waals surface area contributed by atoms with E-state index in [4.69, 9.17) is 0 Å². The predicted molar refractivity (Wildman–Crippen MR) is 104 cm³/mol. The number of benzene rings is 3. The zero-order valence-electron chi connectivity index (χ0n) is 14.6. The molecule has 0 aliphatic carbocycles. The molecule has 0 aromatic heterocycles. The molecule has 2 nitrogen and oxygen atoms in total. The van der Waals surface area contributed by atoms with Gasteiger partial charge in [-0.25, -0.2) is 0 Å². The zero-order valence-corrected chi connectivity index (χ0v) is 14.6. The predicted octanol–water partition coefficient (Wildman–Crippen LogP) is 5.88. The van der Waals surface area contributed by atoms with E-state index in [-0.39, 0.29) is 0 Å². The first-order chi connectivity index (χ1) is 11.7. The van der Waals surface area contributed by atoms with Crippen LogP contribution < -0.4 is 10.0 Å². The summed E-state index contributed by atoms with van der Waals surface area (Å²) in [5, 5.41) is 4.63. The molecule has 0 spiro atoms. The Morgan fingerprint density at radius 2 is 1.21 bits per heavy atom. The average molecular weight is 316 g/mol. The minimum absolute atomic E-state index is 0.883. The lowest BCUT2D eigenvalue weighted by Crippen LogP contribution is -2.40. The van der Waals surface area contributed by atoms with Crippen LogP contribution in [0.1, 0.15) is 18.1 Å². The van der Waals surface area contributed by atoms with Crippen LogP contribution in [0.25, 0.3) is 0 Å². The van der Waals surface area contributed by atoms with Gasteiger partial charge in [0.25, 0.3) is 0 Å². The van der Waals surface area contributed by atoms with Gasteiger partial charge in [0.1, 0.15) is 0 Å². The Labute approximate surface area is 144 Å². The molecule has 0 N–H and O–H groups in total. The summed E-state index contributed by atoms with van der Waals surface area (Å²) in [6.07, 6.45) is 0. The van der Waals surface area contributed by atoms with Crippen molar-refractivity contribution in [3.8, 4) is 0 Å². The summed E-state index contributed by atoms with van der Waals surface area (Å²) in [6.45, 7) is 7.44. The van der Waals surface area contributed by atoms with E-state index in [2.05, 4.69) is 110 Å². The van der Waals surface area contributed by atoms with Gasteiger partial charge in [-0.1, -0.05) is 48.5 Å². The maximum absolute atomic E-state index is 2.34. The maximum atomic E-state index is 2.34. The lowest BCUT2D eigenvalue weighted by Gasteiger charge is -2.38. The summed E-state index contributed by atoms with van der Waals surface area (Å²) < 4.78 is 0. The molecule has 0 amide bonds. The fourth-order valence-corrected chi connectivity index (χ4v) is 3.00. The van der Waals surface area contributed by atoms with Crippen LogP contribution in [0.5, 0.6) is 0 Å². The largest absolute Gasteiger partial charge is 0.281 e. The van der Waals surface area contributed by atoms with Crippen LogP contribution >= 0.6 is 0 Å². The Morgan fingerprint density at radius 1 is 0.667 bits per heavy atom. The highest BCUT2D eigenvalue weighted by atomic mass is 15.6. The standard InChI is InChI=1S/C22H24N2/c1-4-23(22-17-11-12-18(2)19(22)3)24(20-13-7-5-8-14-20)21-15-9-6-10-16-21/h5-17H,4H2,1-3H3. The first-order valence-corrected chi connectivity index (χ1v) is 8.46. The molecule has 3 aromatic rings. The second kappa shape index (κ2) is 7.22. The molecule has 2 heteroatoms. The van der Waals surface area contributed by atoms with Gasteiger partial charge in [0.2, 0.25) is 0 Å². The van der Waals surface area contributed by atoms with E-state index in [9.17, 15) is 0 Å². The van der Waals surface area contributed by atoms with Gasteiger partial charge >= 0.3 is 0 Å². The molecule has 24 heavy (non-hydrogen) atoms. The molecular formula is C22H24N2. The number of hydrogen-bond donors (Lipinski definition) is 0. The van der Waals surface area contributed by atoms with Crippen molar-refractivity contribution in [1.29, 1.82) is 0 Å². The normalized spacial score (nSPS) is 10.5.